The molecule has 26 heavy (non-hydrogen) atoms. The predicted octanol–water partition coefficient (Wildman–Crippen LogP) is 1.74. The van der Waals surface area contributed by atoms with E-state index in [1.54, 1.807) is 12.1 Å². The maximum absolute atomic E-state index is 12.7. The first-order valence-electron chi connectivity index (χ1n) is 9.21. The molecule has 0 unspecified atom stereocenters. The van der Waals surface area contributed by atoms with E-state index in [0.717, 1.165) is 48.7 Å². The molecule has 0 radical (unpaired) electrons. The number of hydrogen-bond acceptors (Lipinski definition) is 3. The number of rotatable bonds is 4. The van der Waals surface area contributed by atoms with Crippen molar-refractivity contribution in [2.24, 2.45) is 0 Å². The first kappa shape index (κ1) is 18.3. The van der Waals surface area contributed by atoms with Gasteiger partial charge in [0.25, 0.3) is 5.91 Å². The molecule has 1 saturated heterocycles. The number of amides is 1. The molecule has 2 aromatic rings. The average Bonchev–Trinajstić information content (AvgIpc) is 2.65. The molecule has 0 aromatic heterocycles. The molecule has 1 aliphatic heterocycles. The number of quaternary nitrogens is 1. The summed E-state index contributed by atoms with van der Waals surface area (Å²) in [4.78, 5) is 16.3. The molecule has 1 heterocycles. The van der Waals surface area contributed by atoms with Crippen LogP contribution in [-0.2, 0) is 4.79 Å². The van der Waals surface area contributed by atoms with Gasteiger partial charge >= 0.3 is 0 Å². The quantitative estimate of drug-likeness (QED) is 0.784. The lowest BCUT2D eigenvalue weighted by molar-refractivity contribution is -0.914. The van der Waals surface area contributed by atoms with E-state index in [9.17, 15) is 9.90 Å². The number of carbonyl (C=O) groups is 1. The van der Waals surface area contributed by atoms with Gasteiger partial charge in [-0.25, -0.2) is 0 Å². The summed E-state index contributed by atoms with van der Waals surface area (Å²) in [5.74, 6) is 0.363. The molecule has 5 heteroatoms. The monoisotopic (exact) mass is 354 g/mol. The van der Waals surface area contributed by atoms with Gasteiger partial charge in [0.15, 0.2) is 6.04 Å². The van der Waals surface area contributed by atoms with Crippen molar-refractivity contribution in [1.29, 1.82) is 0 Å². The zero-order chi connectivity index (χ0) is 18.7. The molecule has 0 bridgehead atoms. The fourth-order valence-electron chi connectivity index (χ4n) is 3.45. The summed E-state index contributed by atoms with van der Waals surface area (Å²) in [6, 6.07) is 13.4. The number of nitrogens with zero attached hydrogens (tertiary/aromatic N) is 1. The molecule has 5 nitrogen and oxygen atoms in total. The molecule has 1 fully saturated rings. The van der Waals surface area contributed by atoms with Crippen molar-refractivity contribution in [3.8, 4) is 5.75 Å². The van der Waals surface area contributed by atoms with Crippen LogP contribution in [-0.4, -0.2) is 43.2 Å². The smallest absolute Gasteiger partial charge is 0.282 e. The van der Waals surface area contributed by atoms with Gasteiger partial charge in [-0.05, 0) is 62.2 Å². The van der Waals surface area contributed by atoms with E-state index >= 15 is 0 Å². The second-order valence-corrected chi connectivity index (χ2v) is 7.19. The highest BCUT2D eigenvalue weighted by atomic mass is 16.3. The van der Waals surface area contributed by atoms with Crippen molar-refractivity contribution in [2.75, 3.05) is 36.4 Å². The van der Waals surface area contributed by atoms with Crippen LogP contribution >= 0.6 is 0 Å². The van der Waals surface area contributed by atoms with E-state index in [2.05, 4.69) is 16.3 Å². The molecule has 1 atom stereocenters. The van der Waals surface area contributed by atoms with Crippen molar-refractivity contribution in [1.82, 2.24) is 0 Å². The minimum atomic E-state index is -0.0862. The van der Waals surface area contributed by atoms with Gasteiger partial charge in [-0.3, -0.25) is 4.79 Å². The lowest BCUT2D eigenvalue weighted by Crippen LogP contribution is -3.19. The highest BCUT2D eigenvalue weighted by Crippen LogP contribution is 2.18. The Morgan fingerprint density at radius 2 is 1.77 bits per heavy atom. The van der Waals surface area contributed by atoms with Gasteiger partial charge in [0, 0.05) is 11.4 Å². The standard InChI is InChI=1S/C21H27N3O2/c1-15-4-5-16(2)20(14-15)22-21(26)17(3)23-10-12-24(13-11-23)18-6-8-19(25)9-7-18/h4-9,14,17,25H,10-13H2,1-3H3,(H,22,26)/p+1/t17-/m0/s1. The van der Waals surface area contributed by atoms with Gasteiger partial charge in [0.2, 0.25) is 0 Å². The summed E-state index contributed by atoms with van der Waals surface area (Å²) in [6.45, 7) is 9.70. The third-order valence-electron chi connectivity index (χ3n) is 5.28. The minimum absolute atomic E-state index is 0.0757. The molecule has 1 amide bonds. The number of aryl methyl sites for hydroxylation is 2. The van der Waals surface area contributed by atoms with Crippen LogP contribution in [0.25, 0.3) is 0 Å². The van der Waals surface area contributed by atoms with Gasteiger partial charge < -0.3 is 20.2 Å². The highest BCUT2D eigenvalue weighted by Gasteiger charge is 2.29. The summed E-state index contributed by atoms with van der Waals surface area (Å²) in [5.41, 5.74) is 4.26. The summed E-state index contributed by atoms with van der Waals surface area (Å²) in [5, 5.41) is 12.5. The minimum Gasteiger partial charge on any atom is -0.508 e. The number of hydrogen-bond donors (Lipinski definition) is 3. The SMILES string of the molecule is Cc1ccc(C)c(NC(=O)[C@H](C)[NH+]2CCN(c3ccc(O)cc3)CC2)c1. The first-order chi connectivity index (χ1) is 12.4. The van der Waals surface area contributed by atoms with Gasteiger partial charge in [-0.2, -0.15) is 0 Å². The van der Waals surface area contributed by atoms with Crippen LogP contribution < -0.4 is 15.1 Å². The Kier molecular flexibility index (Phi) is 5.47. The topological polar surface area (TPSA) is 57.0 Å². The van der Waals surface area contributed by atoms with Gasteiger partial charge in [0.05, 0.1) is 26.2 Å². The van der Waals surface area contributed by atoms with E-state index in [1.165, 1.54) is 4.90 Å². The molecule has 3 N–H and O–H groups in total. The van der Waals surface area contributed by atoms with E-state index < -0.39 is 0 Å². The maximum atomic E-state index is 12.7. The Labute approximate surface area is 155 Å². The third kappa shape index (κ3) is 4.17. The number of phenols is 1. The van der Waals surface area contributed by atoms with Crippen LogP contribution in [0.1, 0.15) is 18.1 Å². The first-order valence-corrected chi connectivity index (χ1v) is 9.21. The van der Waals surface area contributed by atoms with Crippen LogP contribution in [0.2, 0.25) is 0 Å². The second-order valence-electron chi connectivity index (χ2n) is 7.19. The maximum Gasteiger partial charge on any atom is 0.282 e. The molecule has 138 valence electrons. The fraction of sp³-hybridized carbons (Fsp3) is 0.381. The molecule has 0 spiro atoms. The molecular formula is C21H28N3O2+. The van der Waals surface area contributed by atoms with Crippen LogP contribution in [0, 0.1) is 13.8 Å². The zero-order valence-electron chi connectivity index (χ0n) is 15.7. The number of piperazine rings is 1. The molecular weight excluding hydrogens is 326 g/mol. The zero-order valence-corrected chi connectivity index (χ0v) is 15.7. The second kappa shape index (κ2) is 7.79. The van der Waals surface area contributed by atoms with Crippen LogP contribution in [0.15, 0.2) is 42.5 Å². The Hall–Kier alpha value is -2.53. The summed E-state index contributed by atoms with van der Waals surface area (Å²) in [6.07, 6.45) is 0. The van der Waals surface area contributed by atoms with E-state index in [0.29, 0.717) is 0 Å². The van der Waals surface area contributed by atoms with Crippen molar-refractivity contribution < 1.29 is 14.8 Å². The number of carbonyl (C=O) groups excluding carboxylic acids is 1. The number of anilines is 2. The summed E-state index contributed by atoms with van der Waals surface area (Å²) in [7, 11) is 0. The molecule has 3 rings (SSSR count). The van der Waals surface area contributed by atoms with E-state index in [-0.39, 0.29) is 17.7 Å². The van der Waals surface area contributed by atoms with Crippen LogP contribution in [0.4, 0.5) is 11.4 Å². The fourth-order valence-corrected chi connectivity index (χ4v) is 3.45. The van der Waals surface area contributed by atoms with Crippen molar-refractivity contribution >= 4 is 17.3 Å². The highest BCUT2D eigenvalue weighted by molar-refractivity contribution is 5.94. The van der Waals surface area contributed by atoms with Crippen molar-refractivity contribution in [3.05, 3.63) is 53.6 Å². The van der Waals surface area contributed by atoms with Crippen LogP contribution in [0.5, 0.6) is 5.75 Å². The Balaban J connectivity index is 1.57. The lowest BCUT2D eigenvalue weighted by atomic mass is 10.1. The number of benzene rings is 2. The third-order valence-corrected chi connectivity index (χ3v) is 5.28. The van der Waals surface area contributed by atoms with Gasteiger partial charge in [0.1, 0.15) is 5.75 Å². The summed E-state index contributed by atoms with van der Waals surface area (Å²) >= 11 is 0. The molecule has 0 saturated carbocycles. The predicted molar refractivity (Wildman–Crippen MR) is 105 cm³/mol. The summed E-state index contributed by atoms with van der Waals surface area (Å²) < 4.78 is 0. The van der Waals surface area contributed by atoms with Gasteiger partial charge in [-0.15, -0.1) is 0 Å². The number of nitrogens with one attached hydrogen (secondary N) is 2. The van der Waals surface area contributed by atoms with E-state index in [1.807, 2.05) is 45.0 Å². The van der Waals surface area contributed by atoms with E-state index in [4.69, 9.17) is 0 Å². The molecule has 0 aliphatic carbocycles. The number of aromatic hydroxyl groups is 1. The average molecular weight is 354 g/mol. The molecule has 2 aromatic carbocycles. The largest absolute Gasteiger partial charge is 0.508 e. The Morgan fingerprint density at radius 1 is 1.12 bits per heavy atom. The van der Waals surface area contributed by atoms with Gasteiger partial charge in [-0.1, -0.05) is 12.1 Å². The number of phenolic OH excluding ortho intramolecular Hbond substituents is 1. The van der Waals surface area contributed by atoms with Crippen molar-refractivity contribution in [2.45, 2.75) is 26.8 Å². The Morgan fingerprint density at radius 3 is 2.42 bits per heavy atom. The van der Waals surface area contributed by atoms with Crippen LogP contribution in [0.3, 0.4) is 0 Å². The normalized spacial score (nSPS) is 16.3. The Bertz CT molecular complexity index is 765. The van der Waals surface area contributed by atoms with Crippen molar-refractivity contribution in [3.63, 3.8) is 0 Å². The molecule has 1 aliphatic rings. The lowest BCUT2D eigenvalue weighted by Gasteiger charge is -2.36.